The highest BCUT2D eigenvalue weighted by atomic mass is 16.1. The number of benzene rings is 2. The first-order valence-corrected chi connectivity index (χ1v) is 13.8. The molecule has 0 radical (unpaired) electrons. The molecule has 6 nitrogen and oxygen atoms in total. The van der Waals surface area contributed by atoms with Crippen LogP contribution >= 0.6 is 0 Å². The van der Waals surface area contributed by atoms with Gasteiger partial charge < -0.3 is 15.5 Å². The van der Waals surface area contributed by atoms with Crippen molar-refractivity contribution in [2.75, 3.05) is 24.3 Å². The summed E-state index contributed by atoms with van der Waals surface area (Å²) < 4.78 is 0. The van der Waals surface area contributed by atoms with Crippen molar-refractivity contribution in [3.63, 3.8) is 0 Å². The molecule has 194 valence electrons. The lowest BCUT2D eigenvalue weighted by Gasteiger charge is -2.31. The Labute approximate surface area is 220 Å². The van der Waals surface area contributed by atoms with Gasteiger partial charge in [-0.3, -0.25) is 4.79 Å². The third-order valence-corrected chi connectivity index (χ3v) is 7.79. The average Bonchev–Trinajstić information content (AvgIpc) is 2.93. The van der Waals surface area contributed by atoms with Gasteiger partial charge in [-0.15, -0.1) is 0 Å². The second-order valence-electron chi connectivity index (χ2n) is 10.8. The summed E-state index contributed by atoms with van der Waals surface area (Å²) in [6.07, 6.45) is 9.15. The van der Waals surface area contributed by atoms with E-state index in [1.165, 1.54) is 29.7 Å². The molecule has 2 aromatic carbocycles. The van der Waals surface area contributed by atoms with Crippen LogP contribution in [0, 0.1) is 0 Å². The molecule has 1 unspecified atom stereocenters. The number of hydrogen-bond donors (Lipinski definition) is 2. The van der Waals surface area contributed by atoms with E-state index in [9.17, 15) is 4.79 Å². The molecule has 6 heteroatoms. The minimum Gasteiger partial charge on any atom is -0.362 e. The van der Waals surface area contributed by atoms with E-state index in [0.717, 1.165) is 55.9 Å². The Morgan fingerprint density at radius 1 is 0.892 bits per heavy atom. The van der Waals surface area contributed by atoms with Gasteiger partial charge in [0.25, 0.3) is 0 Å². The summed E-state index contributed by atoms with van der Waals surface area (Å²) in [6.45, 7) is 0. The maximum absolute atomic E-state index is 13.5. The van der Waals surface area contributed by atoms with Gasteiger partial charge in [-0.25, -0.2) is 4.98 Å². The van der Waals surface area contributed by atoms with Crippen LogP contribution in [-0.4, -0.2) is 42.1 Å². The Hall–Kier alpha value is -3.41. The second-order valence-corrected chi connectivity index (χ2v) is 10.8. The fraction of sp³-hybridized carbons (Fsp3) is 0.452. The third-order valence-electron chi connectivity index (χ3n) is 7.79. The van der Waals surface area contributed by atoms with Gasteiger partial charge in [0.1, 0.15) is 5.82 Å². The van der Waals surface area contributed by atoms with Crippen molar-refractivity contribution in [2.24, 2.45) is 0 Å². The Balaban J connectivity index is 1.20. The van der Waals surface area contributed by atoms with Crippen LogP contribution in [0.5, 0.6) is 0 Å². The lowest BCUT2D eigenvalue weighted by molar-refractivity contribution is -0.123. The van der Waals surface area contributed by atoms with Crippen LogP contribution in [0.3, 0.4) is 0 Å². The lowest BCUT2D eigenvalue weighted by Crippen LogP contribution is -2.42. The van der Waals surface area contributed by atoms with E-state index in [1.54, 1.807) is 0 Å². The van der Waals surface area contributed by atoms with E-state index in [1.807, 2.05) is 36.4 Å². The number of rotatable bonds is 8. The minimum absolute atomic E-state index is 0.125. The molecule has 1 saturated carbocycles. The molecule has 1 aromatic heterocycles. The molecule has 1 atom stereocenters. The van der Waals surface area contributed by atoms with Crippen molar-refractivity contribution >= 4 is 17.7 Å². The van der Waals surface area contributed by atoms with E-state index < -0.39 is 0 Å². The topological polar surface area (TPSA) is 70.2 Å². The maximum atomic E-state index is 13.5. The van der Waals surface area contributed by atoms with Gasteiger partial charge in [-0.05, 0) is 68.9 Å². The number of amides is 1. The first-order chi connectivity index (χ1) is 18.1. The van der Waals surface area contributed by atoms with Crippen LogP contribution in [0.1, 0.15) is 66.8 Å². The first kappa shape index (κ1) is 25.2. The molecular formula is C31H39N5O. The normalized spacial score (nSPS) is 19.9. The first-order valence-electron chi connectivity index (χ1n) is 13.8. The van der Waals surface area contributed by atoms with Crippen molar-refractivity contribution in [1.82, 2.24) is 15.3 Å². The Kier molecular flexibility index (Phi) is 8.02. The van der Waals surface area contributed by atoms with Gasteiger partial charge in [-0.2, -0.15) is 4.98 Å². The van der Waals surface area contributed by atoms with Crippen LogP contribution in [0.25, 0.3) is 0 Å². The summed E-state index contributed by atoms with van der Waals surface area (Å²) in [4.78, 5) is 25.4. The Morgan fingerprint density at radius 3 is 2.24 bits per heavy atom. The van der Waals surface area contributed by atoms with E-state index >= 15 is 0 Å². The average molecular weight is 498 g/mol. The number of aromatic nitrogens is 2. The number of carbonyl (C=O) groups excluding carboxylic acids is 1. The van der Waals surface area contributed by atoms with Crippen molar-refractivity contribution in [3.8, 4) is 0 Å². The predicted molar refractivity (Wildman–Crippen MR) is 150 cm³/mol. The number of hydrogen-bond acceptors (Lipinski definition) is 5. The van der Waals surface area contributed by atoms with Gasteiger partial charge in [0.15, 0.2) is 0 Å². The lowest BCUT2D eigenvalue weighted by atomic mass is 9.88. The molecule has 3 aromatic rings. The number of nitrogens with one attached hydrogen (secondary N) is 2. The molecule has 2 aliphatic carbocycles. The summed E-state index contributed by atoms with van der Waals surface area (Å²) in [7, 11) is 4.13. The van der Waals surface area contributed by atoms with E-state index in [4.69, 9.17) is 9.97 Å². The molecule has 1 heterocycles. The summed E-state index contributed by atoms with van der Waals surface area (Å²) >= 11 is 0. The molecule has 0 spiro atoms. The highest BCUT2D eigenvalue weighted by Crippen LogP contribution is 2.30. The molecule has 5 rings (SSSR count). The van der Waals surface area contributed by atoms with Crippen LogP contribution in [0.15, 0.2) is 60.7 Å². The SMILES string of the molecule is CN(C)c1nc(NC2CCC(NC(=O)C(Cc3ccccc3)c3ccccc3)CC2)nc2c1CCCC2. The third kappa shape index (κ3) is 6.30. The van der Waals surface area contributed by atoms with Gasteiger partial charge in [-0.1, -0.05) is 60.7 Å². The molecule has 1 amide bonds. The quantitative estimate of drug-likeness (QED) is 0.443. The molecule has 2 aliphatic rings. The number of aryl methyl sites for hydroxylation is 1. The zero-order chi connectivity index (χ0) is 25.6. The zero-order valence-corrected chi connectivity index (χ0v) is 22.1. The number of anilines is 2. The van der Waals surface area contributed by atoms with Gasteiger partial charge in [0.05, 0.1) is 11.6 Å². The van der Waals surface area contributed by atoms with Crippen molar-refractivity contribution < 1.29 is 4.79 Å². The zero-order valence-electron chi connectivity index (χ0n) is 22.1. The predicted octanol–water partition coefficient (Wildman–Crippen LogP) is 5.29. The largest absolute Gasteiger partial charge is 0.362 e. The fourth-order valence-electron chi connectivity index (χ4n) is 5.77. The summed E-state index contributed by atoms with van der Waals surface area (Å²) in [5.41, 5.74) is 4.78. The monoisotopic (exact) mass is 497 g/mol. The minimum atomic E-state index is -0.187. The molecular weight excluding hydrogens is 458 g/mol. The van der Waals surface area contributed by atoms with Crippen molar-refractivity contribution in [2.45, 2.75) is 75.8 Å². The summed E-state index contributed by atoms with van der Waals surface area (Å²) in [6, 6.07) is 21.0. The Morgan fingerprint density at radius 2 is 1.54 bits per heavy atom. The van der Waals surface area contributed by atoms with E-state index in [-0.39, 0.29) is 17.9 Å². The molecule has 37 heavy (non-hydrogen) atoms. The van der Waals surface area contributed by atoms with Crippen molar-refractivity contribution in [3.05, 3.63) is 83.0 Å². The van der Waals surface area contributed by atoms with E-state index in [2.05, 4.69) is 53.9 Å². The van der Waals surface area contributed by atoms with Crippen LogP contribution in [0.4, 0.5) is 11.8 Å². The summed E-state index contributed by atoms with van der Waals surface area (Å²) in [5, 5.41) is 7.00. The molecule has 0 aliphatic heterocycles. The van der Waals surface area contributed by atoms with Crippen LogP contribution < -0.4 is 15.5 Å². The van der Waals surface area contributed by atoms with Gasteiger partial charge >= 0.3 is 0 Å². The molecule has 2 N–H and O–H groups in total. The molecule has 1 fully saturated rings. The fourth-order valence-corrected chi connectivity index (χ4v) is 5.77. The smallest absolute Gasteiger partial charge is 0.228 e. The van der Waals surface area contributed by atoms with E-state index in [0.29, 0.717) is 12.5 Å². The molecule has 0 bridgehead atoms. The van der Waals surface area contributed by atoms with Crippen LogP contribution in [-0.2, 0) is 24.1 Å². The van der Waals surface area contributed by atoms with Crippen LogP contribution in [0.2, 0.25) is 0 Å². The highest BCUT2D eigenvalue weighted by molar-refractivity contribution is 5.84. The number of carbonyl (C=O) groups is 1. The Bertz CT molecular complexity index is 1170. The highest BCUT2D eigenvalue weighted by Gasteiger charge is 2.28. The van der Waals surface area contributed by atoms with Gasteiger partial charge in [0, 0.05) is 31.7 Å². The summed E-state index contributed by atoms with van der Waals surface area (Å²) in [5.74, 6) is 1.75. The number of fused-ring (bicyclic) bond motifs is 1. The van der Waals surface area contributed by atoms with Gasteiger partial charge in [0.2, 0.25) is 11.9 Å². The standard InChI is InChI=1S/C31H39N5O/c1-36(2)29-26-15-9-10-16-28(26)34-31(35-29)33-25-19-17-24(18-20-25)32-30(37)27(23-13-7-4-8-14-23)21-22-11-5-3-6-12-22/h3-8,11-14,24-25,27H,9-10,15-21H2,1-2H3,(H,32,37)(H,33,34,35). The number of nitrogens with zero attached hydrogens (tertiary/aromatic N) is 3. The second kappa shape index (κ2) is 11.8. The van der Waals surface area contributed by atoms with Crippen molar-refractivity contribution in [1.29, 1.82) is 0 Å². The molecule has 0 saturated heterocycles. The maximum Gasteiger partial charge on any atom is 0.228 e.